The number of carboxylic acid groups (broad SMARTS) is 2. The monoisotopic (exact) mass is 494 g/mol. The lowest BCUT2D eigenvalue weighted by Gasteiger charge is -2.36. The second kappa shape index (κ2) is 10.4. The summed E-state index contributed by atoms with van der Waals surface area (Å²) in [5.41, 5.74) is 3.07. The molecule has 0 aromatic heterocycles. The molecule has 6 heteroatoms. The van der Waals surface area contributed by atoms with Crippen LogP contribution in [0.5, 0.6) is 0 Å². The van der Waals surface area contributed by atoms with Crippen LogP contribution in [0, 0.1) is 0 Å². The summed E-state index contributed by atoms with van der Waals surface area (Å²) in [6, 6.07) is 31.3. The van der Waals surface area contributed by atoms with Crippen molar-refractivity contribution >= 4 is 11.9 Å². The van der Waals surface area contributed by atoms with Crippen LogP contribution in [-0.2, 0) is 44.3 Å². The molecular weight excluding hydrogens is 468 g/mol. The fraction of sp³-hybridized carbons (Fsp3) is 0.161. The Hall–Kier alpha value is -4.26. The Kier molecular flexibility index (Phi) is 6.86. The Balaban J connectivity index is 1.64. The van der Waals surface area contributed by atoms with Crippen molar-refractivity contribution < 1.29 is 29.3 Å². The molecule has 0 saturated carbocycles. The van der Waals surface area contributed by atoms with Crippen molar-refractivity contribution in [3.05, 3.63) is 131 Å². The first kappa shape index (κ1) is 24.4. The highest BCUT2D eigenvalue weighted by Gasteiger charge is 2.55. The molecule has 0 radical (unpaired) electrons. The number of hydrogen-bond donors (Lipinski definition) is 2. The molecule has 0 aliphatic heterocycles. The van der Waals surface area contributed by atoms with Gasteiger partial charge in [0.05, 0.1) is 13.2 Å². The molecule has 4 aromatic carbocycles. The van der Waals surface area contributed by atoms with Crippen LogP contribution in [0.25, 0.3) is 11.1 Å². The quantitative estimate of drug-likeness (QED) is 0.269. The van der Waals surface area contributed by atoms with Crippen molar-refractivity contribution in [2.24, 2.45) is 0 Å². The van der Waals surface area contributed by atoms with Gasteiger partial charge in [-0.2, -0.15) is 0 Å². The number of aliphatic carboxylic acids is 2. The molecule has 1 aliphatic carbocycles. The first-order chi connectivity index (χ1) is 18.0. The van der Waals surface area contributed by atoms with Gasteiger partial charge in [-0.3, -0.25) is 0 Å². The largest absolute Gasteiger partial charge is 0.479 e. The highest BCUT2D eigenvalue weighted by Crippen LogP contribution is 2.44. The van der Waals surface area contributed by atoms with Crippen molar-refractivity contribution in [2.45, 2.75) is 31.3 Å². The topological polar surface area (TPSA) is 93.1 Å². The molecule has 1 aliphatic rings. The van der Waals surface area contributed by atoms with Gasteiger partial charge in [-0.25, -0.2) is 9.59 Å². The number of carboxylic acids is 2. The number of rotatable bonds is 10. The SMILES string of the molecule is O=C(O)[C@@H](OCc1ccccc1)[C@](OCc1ccccc1)(C(=O)O)c1cccc2c1Cc1ccccc1-2. The zero-order valence-electron chi connectivity index (χ0n) is 20.0. The summed E-state index contributed by atoms with van der Waals surface area (Å²) in [6.07, 6.45) is -1.35. The van der Waals surface area contributed by atoms with E-state index < -0.39 is 23.6 Å². The van der Waals surface area contributed by atoms with Crippen LogP contribution in [0.15, 0.2) is 103 Å². The smallest absolute Gasteiger partial charge is 0.344 e. The maximum absolute atomic E-state index is 13.2. The van der Waals surface area contributed by atoms with E-state index in [0.717, 1.165) is 33.4 Å². The Morgan fingerprint density at radius 1 is 0.730 bits per heavy atom. The molecule has 0 heterocycles. The minimum atomic E-state index is -2.30. The average Bonchev–Trinajstić information content (AvgIpc) is 3.30. The van der Waals surface area contributed by atoms with Crippen LogP contribution >= 0.6 is 0 Å². The van der Waals surface area contributed by atoms with Gasteiger partial charge in [-0.05, 0) is 39.8 Å². The van der Waals surface area contributed by atoms with E-state index in [0.29, 0.717) is 6.42 Å². The third-order valence-corrected chi connectivity index (χ3v) is 6.73. The lowest BCUT2D eigenvalue weighted by Crippen LogP contribution is -2.54. The first-order valence-electron chi connectivity index (χ1n) is 12.0. The van der Waals surface area contributed by atoms with Gasteiger partial charge in [0, 0.05) is 5.56 Å². The fourth-order valence-corrected chi connectivity index (χ4v) is 4.98. The number of carbonyl (C=O) groups is 2. The van der Waals surface area contributed by atoms with Gasteiger partial charge in [0.1, 0.15) is 0 Å². The maximum Gasteiger partial charge on any atom is 0.344 e. The van der Waals surface area contributed by atoms with Gasteiger partial charge < -0.3 is 19.7 Å². The molecule has 2 N–H and O–H groups in total. The zero-order valence-corrected chi connectivity index (χ0v) is 20.0. The third kappa shape index (κ3) is 4.65. The van der Waals surface area contributed by atoms with Crippen LogP contribution in [0.1, 0.15) is 27.8 Å². The number of hydrogen-bond acceptors (Lipinski definition) is 4. The van der Waals surface area contributed by atoms with Gasteiger partial charge in [0.25, 0.3) is 0 Å². The van der Waals surface area contributed by atoms with E-state index in [2.05, 4.69) is 0 Å². The van der Waals surface area contributed by atoms with Crippen molar-refractivity contribution in [2.75, 3.05) is 0 Å². The maximum atomic E-state index is 13.2. The molecule has 0 amide bonds. The van der Waals surface area contributed by atoms with Crippen LogP contribution in [0.4, 0.5) is 0 Å². The summed E-state index contributed by atoms with van der Waals surface area (Å²) in [5, 5.41) is 21.1. The predicted molar refractivity (Wildman–Crippen MR) is 138 cm³/mol. The highest BCUT2D eigenvalue weighted by atomic mass is 16.6. The lowest BCUT2D eigenvalue weighted by molar-refractivity contribution is -0.208. The molecular formula is C31H26O6. The first-order valence-corrected chi connectivity index (χ1v) is 12.0. The van der Waals surface area contributed by atoms with Gasteiger partial charge in [0.2, 0.25) is 5.60 Å². The van der Waals surface area contributed by atoms with Gasteiger partial charge in [-0.1, -0.05) is 103 Å². The molecule has 186 valence electrons. The molecule has 0 saturated heterocycles. The Bertz CT molecular complexity index is 1420. The van der Waals surface area contributed by atoms with E-state index in [1.54, 1.807) is 36.4 Å². The molecule has 0 spiro atoms. The van der Waals surface area contributed by atoms with Gasteiger partial charge in [0.15, 0.2) is 6.10 Å². The van der Waals surface area contributed by atoms with Crippen molar-refractivity contribution in [1.29, 1.82) is 0 Å². The van der Waals surface area contributed by atoms with Crippen LogP contribution in [-0.4, -0.2) is 28.3 Å². The second-order valence-corrected chi connectivity index (χ2v) is 9.00. The van der Waals surface area contributed by atoms with Crippen molar-refractivity contribution in [3.63, 3.8) is 0 Å². The lowest BCUT2D eigenvalue weighted by atomic mass is 9.82. The van der Waals surface area contributed by atoms with Crippen molar-refractivity contribution in [3.8, 4) is 11.1 Å². The molecule has 2 atom stereocenters. The molecule has 0 unspecified atom stereocenters. The molecule has 6 nitrogen and oxygen atoms in total. The molecule has 4 aromatic rings. The zero-order chi connectivity index (χ0) is 25.8. The highest BCUT2D eigenvalue weighted by molar-refractivity contribution is 5.91. The normalized spacial score (nSPS) is 14.3. The Morgan fingerprint density at radius 3 is 1.97 bits per heavy atom. The standard InChI is InChI=1S/C31H26O6/c32-29(33)28(36-19-21-10-3-1-4-11-21)31(30(34)35,37-20-22-12-5-2-6-13-22)27-17-9-16-25-24-15-8-7-14-23(24)18-26(25)27/h1-17,28H,18-20H2,(H,32,33)(H,34,35)/t28-,31+/m1/s1. The summed E-state index contributed by atoms with van der Waals surface area (Å²) in [5.74, 6) is -2.84. The fourth-order valence-electron chi connectivity index (χ4n) is 4.98. The summed E-state index contributed by atoms with van der Waals surface area (Å²) in [7, 11) is 0. The average molecular weight is 495 g/mol. The van der Waals surface area contributed by atoms with Crippen LogP contribution < -0.4 is 0 Å². The third-order valence-electron chi connectivity index (χ3n) is 6.73. The summed E-state index contributed by atoms with van der Waals surface area (Å²) < 4.78 is 12.1. The summed E-state index contributed by atoms with van der Waals surface area (Å²) >= 11 is 0. The molecule has 0 fully saturated rings. The van der Waals surface area contributed by atoms with E-state index >= 15 is 0 Å². The Morgan fingerprint density at radius 2 is 1.32 bits per heavy atom. The van der Waals surface area contributed by atoms with Crippen LogP contribution in [0.2, 0.25) is 0 Å². The van der Waals surface area contributed by atoms with Crippen molar-refractivity contribution in [1.82, 2.24) is 0 Å². The summed E-state index contributed by atoms with van der Waals surface area (Å²) in [4.78, 5) is 25.9. The minimum Gasteiger partial charge on any atom is -0.479 e. The Labute approximate surface area is 214 Å². The second-order valence-electron chi connectivity index (χ2n) is 9.00. The molecule has 37 heavy (non-hydrogen) atoms. The minimum absolute atomic E-state index is 0.0865. The summed E-state index contributed by atoms with van der Waals surface area (Å²) in [6.45, 7) is -0.195. The van der Waals surface area contributed by atoms with E-state index in [4.69, 9.17) is 9.47 Å². The number of fused-ring (bicyclic) bond motifs is 3. The predicted octanol–water partition coefficient (Wildman–Crippen LogP) is 5.42. The molecule has 5 rings (SSSR count). The van der Waals surface area contributed by atoms with Gasteiger partial charge in [-0.15, -0.1) is 0 Å². The van der Waals surface area contributed by atoms with E-state index in [1.807, 2.05) is 66.7 Å². The van der Waals surface area contributed by atoms with Crippen LogP contribution in [0.3, 0.4) is 0 Å². The molecule has 0 bridgehead atoms. The number of benzene rings is 4. The van der Waals surface area contributed by atoms with E-state index in [-0.39, 0.29) is 18.8 Å². The van der Waals surface area contributed by atoms with E-state index in [9.17, 15) is 19.8 Å². The van der Waals surface area contributed by atoms with Gasteiger partial charge >= 0.3 is 11.9 Å². The number of ether oxygens (including phenoxy) is 2. The van der Waals surface area contributed by atoms with E-state index in [1.165, 1.54) is 0 Å².